The van der Waals surface area contributed by atoms with Gasteiger partial charge in [-0.25, -0.2) is 4.79 Å². The molecule has 0 saturated heterocycles. The fraction of sp³-hybridized carbons (Fsp3) is 0.0833. The van der Waals surface area contributed by atoms with Gasteiger partial charge in [-0.05, 0) is 12.1 Å². The van der Waals surface area contributed by atoms with Gasteiger partial charge >= 0.3 is 11.9 Å². The molecule has 0 unspecified atom stereocenters. The van der Waals surface area contributed by atoms with Crippen molar-refractivity contribution in [2.24, 2.45) is 0 Å². The monoisotopic (exact) mass is 265 g/mol. The third-order valence-electron chi connectivity index (χ3n) is 2.19. The van der Waals surface area contributed by atoms with Gasteiger partial charge in [-0.3, -0.25) is 9.59 Å². The molecule has 7 nitrogen and oxygen atoms in total. The van der Waals surface area contributed by atoms with Crippen LogP contribution < -0.4 is 5.32 Å². The number of rotatable bonds is 5. The van der Waals surface area contributed by atoms with Gasteiger partial charge in [-0.15, -0.1) is 0 Å². The Labute approximate surface area is 107 Å². The number of aromatic hydroxyl groups is 1. The van der Waals surface area contributed by atoms with Gasteiger partial charge in [0.15, 0.2) is 0 Å². The second kappa shape index (κ2) is 5.67. The van der Waals surface area contributed by atoms with Gasteiger partial charge in [0.1, 0.15) is 11.3 Å². The highest BCUT2D eigenvalue weighted by atomic mass is 16.4. The highest BCUT2D eigenvalue weighted by molar-refractivity contribution is 6.09. The van der Waals surface area contributed by atoms with Crippen molar-refractivity contribution in [2.45, 2.75) is 6.42 Å². The average Bonchev–Trinajstić information content (AvgIpc) is 2.27. The summed E-state index contributed by atoms with van der Waals surface area (Å²) in [5, 5.41) is 29.0. The molecule has 0 aliphatic heterocycles. The minimum atomic E-state index is -1.42. The number of nitrogens with one attached hydrogen (secondary N) is 1. The van der Waals surface area contributed by atoms with Gasteiger partial charge in [-0.2, -0.15) is 0 Å². The molecule has 0 atom stereocenters. The van der Waals surface area contributed by atoms with Crippen LogP contribution >= 0.6 is 0 Å². The summed E-state index contributed by atoms with van der Waals surface area (Å²) in [5.74, 6) is -3.98. The summed E-state index contributed by atoms with van der Waals surface area (Å²) in [7, 11) is 0. The van der Waals surface area contributed by atoms with E-state index in [0.29, 0.717) is 0 Å². The lowest BCUT2D eigenvalue weighted by Gasteiger charge is -2.10. The predicted octanol–water partition coefficient (Wildman–Crippen LogP) is 1.06. The molecule has 1 amide bonds. The third-order valence-corrected chi connectivity index (χ3v) is 2.19. The van der Waals surface area contributed by atoms with E-state index in [2.05, 4.69) is 11.9 Å². The van der Waals surface area contributed by atoms with E-state index in [-0.39, 0.29) is 11.3 Å². The molecule has 0 radical (unpaired) electrons. The molecular formula is C12H11NO6. The minimum Gasteiger partial charge on any atom is -0.507 e. The maximum Gasteiger partial charge on any atom is 0.341 e. The van der Waals surface area contributed by atoms with Gasteiger partial charge in [-0.1, -0.05) is 12.6 Å². The van der Waals surface area contributed by atoms with Crippen LogP contribution in [0.1, 0.15) is 16.8 Å². The first-order valence-electron chi connectivity index (χ1n) is 5.09. The van der Waals surface area contributed by atoms with E-state index in [1.54, 1.807) is 0 Å². The number of aliphatic carboxylic acids is 1. The smallest absolute Gasteiger partial charge is 0.341 e. The summed E-state index contributed by atoms with van der Waals surface area (Å²) in [4.78, 5) is 33.0. The lowest BCUT2D eigenvalue weighted by Crippen LogP contribution is -2.18. The largest absolute Gasteiger partial charge is 0.507 e. The molecule has 0 bridgehead atoms. The zero-order valence-electron chi connectivity index (χ0n) is 9.71. The highest BCUT2D eigenvalue weighted by Crippen LogP contribution is 2.25. The number of benzene rings is 1. The number of phenols is 1. The predicted molar refractivity (Wildman–Crippen MR) is 65.1 cm³/mol. The topological polar surface area (TPSA) is 124 Å². The number of carbonyl (C=O) groups excluding carboxylic acids is 1. The van der Waals surface area contributed by atoms with Crippen molar-refractivity contribution < 1.29 is 29.7 Å². The van der Waals surface area contributed by atoms with E-state index in [0.717, 1.165) is 6.07 Å². The van der Waals surface area contributed by atoms with Crippen molar-refractivity contribution in [3.05, 3.63) is 35.9 Å². The Balaban J connectivity index is 2.97. The molecule has 1 aromatic rings. The quantitative estimate of drug-likeness (QED) is 0.590. The molecule has 7 heteroatoms. The summed E-state index contributed by atoms with van der Waals surface area (Å²) in [5.41, 5.74) is -0.838. The SMILES string of the molecule is C=C(CC(=O)O)C(=O)Nc1cccc(O)c1C(=O)O. The van der Waals surface area contributed by atoms with Gasteiger partial charge in [0.05, 0.1) is 12.1 Å². The normalized spacial score (nSPS) is 9.68. The molecule has 0 saturated carbocycles. The van der Waals surface area contributed by atoms with Crippen molar-refractivity contribution in [3.63, 3.8) is 0 Å². The molecule has 1 rings (SSSR count). The zero-order chi connectivity index (χ0) is 14.6. The van der Waals surface area contributed by atoms with Crippen LogP contribution in [0.25, 0.3) is 0 Å². The van der Waals surface area contributed by atoms with Gasteiger partial charge in [0.25, 0.3) is 5.91 Å². The highest BCUT2D eigenvalue weighted by Gasteiger charge is 2.18. The number of carboxylic acids is 2. The Bertz CT molecular complexity index is 563. The summed E-state index contributed by atoms with van der Waals surface area (Å²) in [6.45, 7) is 3.29. The molecule has 4 N–H and O–H groups in total. The standard InChI is InChI=1S/C12H11NO6/c1-6(5-9(15)16)11(17)13-7-3-2-4-8(14)10(7)12(18)19/h2-4,14H,1,5H2,(H,13,17)(H,15,16)(H,18,19). The summed E-state index contributed by atoms with van der Waals surface area (Å²) in [6, 6.07) is 3.78. The summed E-state index contributed by atoms with van der Waals surface area (Å²) in [6.07, 6.45) is -0.562. The number of aromatic carboxylic acids is 1. The van der Waals surface area contributed by atoms with Crippen LogP contribution in [0.5, 0.6) is 5.75 Å². The number of anilines is 1. The lowest BCUT2D eigenvalue weighted by molar-refractivity contribution is -0.136. The second-order valence-corrected chi connectivity index (χ2v) is 3.63. The Morgan fingerprint density at radius 1 is 1.21 bits per heavy atom. The fourth-order valence-corrected chi connectivity index (χ4v) is 1.34. The van der Waals surface area contributed by atoms with Crippen molar-refractivity contribution in [3.8, 4) is 5.75 Å². The molecule has 0 aliphatic carbocycles. The number of carbonyl (C=O) groups is 3. The molecule has 0 spiro atoms. The molecule has 0 fully saturated rings. The van der Waals surface area contributed by atoms with E-state index >= 15 is 0 Å². The minimum absolute atomic E-state index is 0.135. The van der Waals surface area contributed by atoms with Crippen molar-refractivity contribution in [1.82, 2.24) is 0 Å². The Kier molecular flexibility index (Phi) is 4.25. The van der Waals surface area contributed by atoms with E-state index < -0.39 is 35.6 Å². The molecule has 19 heavy (non-hydrogen) atoms. The summed E-state index contributed by atoms with van der Waals surface area (Å²) >= 11 is 0. The maximum atomic E-state index is 11.6. The van der Waals surface area contributed by atoms with Gasteiger partial charge < -0.3 is 20.6 Å². The fourth-order valence-electron chi connectivity index (χ4n) is 1.34. The van der Waals surface area contributed by atoms with E-state index in [1.165, 1.54) is 12.1 Å². The van der Waals surface area contributed by atoms with Crippen molar-refractivity contribution >= 4 is 23.5 Å². The molecule has 0 aromatic heterocycles. The van der Waals surface area contributed by atoms with Crippen LogP contribution in [0.3, 0.4) is 0 Å². The molecular weight excluding hydrogens is 254 g/mol. The number of amides is 1. The first-order valence-corrected chi connectivity index (χ1v) is 5.09. The molecule has 0 heterocycles. The molecule has 1 aromatic carbocycles. The van der Waals surface area contributed by atoms with E-state index in [9.17, 15) is 19.5 Å². The molecule has 100 valence electrons. The van der Waals surface area contributed by atoms with Crippen LogP contribution in [0.15, 0.2) is 30.4 Å². The van der Waals surface area contributed by atoms with Crippen LogP contribution in [-0.4, -0.2) is 33.2 Å². The van der Waals surface area contributed by atoms with Crippen LogP contribution in [0, 0.1) is 0 Å². The maximum absolute atomic E-state index is 11.6. The first kappa shape index (κ1) is 14.2. The molecule has 0 aliphatic rings. The van der Waals surface area contributed by atoms with Gasteiger partial charge in [0.2, 0.25) is 0 Å². The lowest BCUT2D eigenvalue weighted by atomic mass is 10.1. The zero-order valence-corrected chi connectivity index (χ0v) is 9.71. The number of hydrogen-bond acceptors (Lipinski definition) is 4. The van der Waals surface area contributed by atoms with E-state index in [4.69, 9.17) is 10.2 Å². The van der Waals surface area contributed by atoms with Crippen molar-refractivity contribution in [2.75, 3.05) is 5.32 Å². The third kappa shape index (κ3) is 3.56. The Morgan fingerprint density at radius 2 is 1.84 bits per heavy atom. The second-order valence-electron chi connectivity index (χ2n) is 3.63. The average molecular weight is 265 g/mol. The first-order chi connectivity index (χ1) is 8.82. The summed E-state index contributed by atoms with van der Waals surface area (Å²) < 4.78 is 0. The van der Waals surface area contributed by atoms with Crippen molar-refractivity contribution in [1.29, 1.82) is 0 Å². The van der Waals surface area contributed by atoms with Crippen LogP contribution in [-0.2, 0) is 9.59 Å². The Morgan fingerprint density at radius 3 is 2.37 bits per heavy atom. The van der Waals surface area contributed by atoms with E-state index in [1.807, 2.05) is 0 Å². The number of hydrogen-bond donors (Lipinski definition) is 4. The van der Waals surface area contributed by atoms with Gasteiger partial charge in [0, 0.05) is 5.57 Å². The van der Waals surface area contributed by atoms with Crippen LogP contribution in [0.4, 0.5) is 5.69 Å². The van der Waals surface area contributed by atoms with Crippen LogP contribution in [0.2, 0.25) is 0 Å². The Hall–Kier alpha value is -2.83. The number of carboxylic acid groups (broad SMARTS) is 2.